The third-order valence-electron chi connectivity index (χ3n) is 3.99. The summed E-state index contributed by atoms with van der Waals surface area (Å²) in [5.41, 5.74) is 4.25. The lowest BCUT2D eigenvalue weighted by Gasteiger charge is -2.23. The topological polar surface area (TPSA) is 17.1 Å². The van der Waals surface area contributed by atoms with Crippen molar-refractivity contribution in [3.8, 4) is 0 Å². The van der Waals surface area contributed by atoms with E-state index in [1.165, 1.54) is 42.4 Å². The molecule has 0 radical (unpaired) electrons. The Morgan fingerprint density at radius 2 is 1.89 bits per heavy atom. The lowest BCUT2D eigenvalue weighted by atomic mass is 9.82. The summed E-state index contributed by atoms with van der Waals surface area (Å²) in [6.07, 6.45) is 5.43. The van der Waals surface area contributed by atoms with Crippen molar-refractivity contribution in [2.75, 3.05) is 0 Å². The largest absolute Gasteiger partial charge is 0.281 e. The average Bonchev–Trinajstić information content (AvgIpc) is 2.35. The number of carbonyl (C=O) groups is 1. The maximum absolute atomic E-state index is 11.2. The highest BCUT2D eigenvalue weighted by atomic mass is 35.5. The molecule has 0 bridgehead atoms. The summed E-state index contributed by atoms with van der Waals surface area (Å²) < 4.78 is 0. The van der Waals surface area contributed by atoms with Crippen LogP contribution in [0, 0.1) is 5.92 Å². The van der Waals surface area contributed by atoms with Crippen LogP contribution < -0.4 is 0 Å². The van der Waals surface area contributed by atoms with Crippen molar-refractivity contribution < 1.29 is 4.79 Å². The van der Waals surface area contributed by atoms with E-state index < -0.39 is 0 Å². The molecule has 98 valence electrons. The Bertz CT molecular complexity index is 437. The number of halogens is 1. The van der Waals surface area contributed by atoms with E-state index in [1.54, 1.807) is 0 Å². The van der Waals surface area contributed by atoms with Crippen molar-refractivity contribution in [3.05, 3.63) is 34.9 Å². The van der Waals surface area contributed by atoms with Crippen LogP contribution in [0.5, 0.6) is 0 Å². The van der Waals surface area contributed by atoms with E-state index in [4.69, 9.17) is 11.6 Å². The number of benzene rings is 1. The lowest BCUT2D eigenvalue weighted by Crippen LogP contribution is -2.12. The number of fused-ring (bicyclic) bond motifs is 1. The molecule has 2 heteroatoms. The summed E-state index contributed by atoms with van der Waals surface area (Å²) in [7, 11) is 0. The summed E-state index contributed by atoms with van der Waals surface area (Å²) in [5, 5.41) is -0.230. The third-order valence-corrected chi connectivity index (χ3v) is 4.14. The number of hydrogen-bond donors (Lipinski definition) is 0. The van der Waals surface area contributed by atoms with Gasteiger partial charge in [-0.15, -0.1) is 0 Å². The summed E-state index contributed by atoms with van der Waals surface area (Å²) in [6.45, 7) is 4.31. The molecule has 1 aliphatic carbocycles. The molecule has 0 aliphatic heterocycles. The summed E-state index contributed by atoms with van der Waals surface area (Å²) in [6, 6.07) is 6.74. The molecule has 1 unspecified atom stereocenters. The van der Waals surface area contributed by atoms with Crippen molar-refractivity contribution >= 4 is 16.8 Å². The second-order valence-corrected chi connectivity index (χ2v) is 6.07. The zero-order valence-corrected chi connectivity index (χ0v) is 12.0. The van der Waals surface area contributed by atoms with Crippen LogP contribution >= 0.6 is 11.6 Å². The SMILES string of the molecule is CC(C)C(CC(=O)Cl)c1ccc2c(c1)CCCC2. The Kier molecular flexibility index (Phi) is 4.45. The highest BCUT2D eigenvalue weighted by molar-refractivity contribution is 6.63. The Morgan fingerprint density at radius 1 is 1.22 bits per heavy atom. The zero-order valence-electron chi connectivity index (χ0n) is 11.2. The molecule has 0 saturated heterocycles. The minimum Gasteiger partial charge on any atom is -0.281 e. The number of aryl methyl sites for hydroxylation is 2. The minimum atomic E-state index is -0.230. The highest BCUT2D eigenvalue weighted by Crippen LogP contribution is 2.32. The van der Waals surface area contributed by atoms with E-state index in [-0.39, 0.29) is 11.2 Å². The quantitative estimate of drug-likeness (QED) is 0.734. The van der Waals surface area contributed by atoms with Gasteiger partial charge in [0.15, 0.2) is 0 Å². The van der Waals surface area contributed by atoms with E-state index >= 15 is 0 Å². The summed E-state index contributed by atoms with van der Waals surface area (Å²) in [5.74, 6) is 0.691. The fourth-order valence-electron chi connectivity index (χ4n) is 2.90. The van der Waals surface area contributed by atoms with Gasteiger partial charge in [0, 0.05) is 6.42 Å². The van der Waals surface area contributed by atoms with Gasteiger partial charge in [-0.05, 0) is 65.8 Å². The van der Waals surface area contributed by atoms with Crippen molar-refractivity contribution in [1.29, 1.82) is 0 Å². The molecule has 0 saturated carbocycles. The lowest BCUT2D eigenvalue weighted by molar-refractivity contribution is -0.112. The molecule has 1 nitrogen and oxygen atoms in total. The van der Waals surface area contributed by atoms with Crippen LogP contribution in [-0.4, -0.2) is 5.24 Å². The van der Waals surface area contributed by atoms with E-state index in [2.05, 4.69) is 32.0 Å². The molecule has 0 N–H and O–H groups in total. The van der Waals surface area contributed by atoms with Crippen molar-refractivity contribution in [3.63, 3.8) is 0 Å². The fraction of sp³-hybridized carbons (Fsp3) is 0.562. The number of rotatable bonds is 4. The van der Waals surface area contributed by atoms with Crippen LogP contribution in [0.4, 0.5) is 0 Å². The molecular formula is C16H21ClO. The Morgan fingerprint density at radius 3 is 2.50 bits per heavy atom. The van der Waals surface area contributed by atoms with Crippen LogP contribution in [0.3, 0.4) is 0 Å². The van der Waals surface area contributed by atoms with Crippen LogP contribution in [-0.2, 0) is 17.6 Å². The Labute approximate surface area is 115 Å². The molecule has 0 amide bonds. The average molecular weight is 265 g/mol. The van der Waals surface area contributed by atoms with Gasteiger partial charge >= 0.3 is 0 Å². The van der Waals surface area contributed by atoms with E-state index in [9.17, 15) is 4.79 Å². The molecule has 18 heavy (non-hydrogen) atoms. The molecule has 0 aromatic heterocycles. The number of carbonyl (C=O) groups excluding carboxylic acids is 1. The molecule has 0 fully saturated rings. The van der Waals surface area contributed by atoms with E-state index in [1.807, 2.05) is 0 Å². The van der Waals surface area contributed by atoms with E-state index in [0.717, 1.165) is 0 Å². The van der Waals surface area contributed by atoms with Gasteiger partial charge < -0.3 is 0 Å². The third kappa shape index (κ3) is 3.14. The minimum absolute atomic E-state index is 0.230. The van der Waals surface area contributed by atoms with Gasteiger partial charge in [0.25, 0.3) is 0 Å². The first kappa shape index (κ1) is 13.6. The van der Waals surface area contributed by atoms with Crippen LogP contribution in [0.2, 0.25) is 0 Å². The van der Waals surface area contributed by atoms with Gasteiger partial charge in [0.1, 0.15) is 0 Å². The predicted molar refractivity (Wildman–Crippen MR) is 76.1 cm³/mol. The van der Waals surface area contributed by atoms with Crippen molar-refractivity contribution in [2.45, 2.75) is 51.9 Å². The van der Waals surface area contributed by atoms with Crippen LogP contribution in [0.25, 0.3) is 0 Å². The Hall–Kier alpha value is -0.820. The molecule has 0 spiro atoms. The van der Waals surface area contributed by atoms with Gasteiger partial charge in [-0.25, -0.2) is 0 Å². The van der Waals surface area contributed by atoms with Gasteiger partial charge in [0.05, 0.1) is 0 Å². The highest BCUT2D eigenvalue weighted by Gasteiger charge is 2.20. The van der Waals surface area contributed by atoms with Crippen LogP contribution in [0.1, 0.15) is 55.7 Å². The molecule has 1 aliphatic rings. The van der Waals surface area contributed by atoms with Gasteiger partial charge in [-0.3, -0.25) is 4.79 Å². The second-order valence-electron chi connectivity index (χ2n) is 5.65. The predicted octanol–water partition coefficient (Wildman–Crippen LogP) is 4.46. The zero-order chi connectivity index (χ0) is 13.1. The first-order chi connectivity index (χ1) is 8.58. The standard InChI is InChI=1S/C16H21ClO/c1-11(2)15(10-16(17)18)14-8-7-12-5-3-4-6-13(12)9-14/h7-9,11,15H,3-6,10H2,1-2H3. The van der Waals surface area contributed by atoms with Gasteiger partial charge in [0.2, 0.25) is 5.24 Å². The molecule has 2 rings (SSSR count). The number of hydrogen-bond acceptors (Lipinski definition) is 1. The van der Waals surface area contributed by atoms with E-state index in [0.29, 0.717) is 12.3 Å². The van der Waals surface area contributed by atoms with Crippen LogP contribution in [0.15, 0.2) is 18.2 Å². The molecular weight excluding hydrogens is 244 g/mol. The second kappa shape index (κ2) is 5.88. The maximum Gasteiger partial charge on any atom is 0.222 e. The molecule has 1 atom stereocenters. The monoisotopic (exact) mass is 264 g/mol. The van der Waals surface area contributed by atoms with Crippen molar-refractivity contribution in [2.24, 2.45) is 5.92 Å². The Balaban J connectivity index is 2.27. The maximum atomic E-state index is 11.2. The first-order valence-corrected chi connectivity index (χ1v) is 7.25. The summed E-state index contributed by atoms with van der Waals surface area (Å²) >= 11 is 5.57. The molecule has 1 aromatic carbocycles. The van der Waals surface area contributed by atoms with Crippen molar-refractivity contribution in [1.82, 2.24) is 0 Å². The van der Waals surface area contributed by atoms with Gasteiger partial charge in [-0.1, -0.05) is 32.0 Å². The molecule has 0 heterocycles. The fourth-order valence-corrected chi connectivity index (χ4v) is 3.06. The normalized spacial score (nSPS) is 16.4. The molecule has 1 aromatic rings. The van der Waals surface area contributed by atoms with Gasteiger partial charge in [-0.2, -0.15) is 0 Å². The summed E-state index contributed by atoms with van der Waals surface area (Å²) in [4.78, 5) is 11.2. The first-order valence-electron chi connectivity index (χ1n) is 6.88. The smallest absolute Gasteiger partial charge is 0.222 e.